The van der Waals surface area contributed by atoms with Crippen molar-refractivity contribution in [3.63, 3.8) is 0 Å². The standard InChI is InChI=1S/C44H25N3O/c1-3-15-28-26(12-1)14-11-21-32(28)40-33-19-7-9-22-36(33)45-44(46-40)47-41-29-16-4-2-13-27(29)24-25-35(41)38-30-17-5-6-18-31(30)39-34-20-8-10-23-37(34)48-43(39)42(38)47/h1-25H. The molecule has 0 N–H and O–H groups in total. The number of nitrogens with zero attached hydrogens (tertiary/aromatic N) is 3. The topological polar surface area (TPSA) is 43.9 Å². The second-order valence-electron chi connectivity index (χ2n) is 12.5. The highest BCUT2D eigenvalue weighted by Crippen LogP contribution is 2.47. The van der Waals surface area contributed by atoms with Gasteiger partial charge in [-0.1, -0.05) is 140 Å². The normalized spacial score (nSPS) is 12.2. The van der Waals surface area contributed by atoms with Crippen molar-refractivity contribution in [3.05, 3.63) is 152 Å². The third kappa shape index (κ3) is 3.38. The van der Waals surface area contributed by atoms with Gasteiger partial charge in [0.2, 0.25) is 5.95 Å². The summed E-state index contributed by atoms with van der Waals surface area (Å²) in [7, 11) is 0. The fraction of sp³-hybridized carbons (Fsp3) is 0. The monoisotopic (exact) mass is 611 g/mol. The Kier molecular flexibility index (Phi) is 5.08. The molecule has 0 fully saturated rings. The molecule has 0 radical (unpaired) electrons. The summed E-state index contributed by atoms with van der Waals surface area (Å²) in [5.74, 6) is 0.616. The van der Waals surface area contributed by atoms with Gasteiger partial charge in [-0.25, -0.2) is 9.97 Å². The molecule has 8 aromatic carbocycles. The summed E-state index contributed by atoms with van der Waals surface area (Å²) >= 11 is 0. The Labute approximate surface area is 274 Å². The van der Waals surface area contributed by atoms with E-state index in [-0.39, 0.29) is 0 Å². The molecule has 0 amide bonds. The van der Waals surface area contributed by atoms with Crippen molar-refractivity contribution in [3.8, 4) is 17.2 Å². The van der Waals surface area contributed by atoms with Crippen LogP contribution < -0.4 is 0 Å². The maximum Gasteiger partial charge on any atom is 0.235 e. The quantitative estimate of drug-likeness (QED) is 0.195. The minimum absolute atomic E-state index is 0.616. The van der Waals surface area contributed by atoms with E-state index < -0.39 is 0 Å². The summed E-state index contributed by atoms with van der Waals surface area (Å²) in [5, 5.41) is 12.5. The molecule has 222 valence electrons. The Morgan fingerprint density at radius 1 is 0.417 bits per heavy atom. The van der Waals surface area contributed by atoms with Crippen LogP contribution in [0.1, 0.15) is 0 Å². The molecule has 0 atom stereocenters. The predicted molar refractivity (Wildman–Crippen MR) is 199 cm³/mol. The van der Waals surface area contributed by atoms with E-state index in [0.717, 1.165) is 82.1 Å². The van der Waals surface area contributed by atoms with Crippen molar-refractivity contribution in [2.75, 3.05) is 0 Å². The fourth-order valence-electron chi connectivity index (χ4n) is 7.94. The minimum Gasteiger partial charge on any atom is -0.454 e. The fourth-order valence-corrected chi connectivity index (χ4v) is 7.94. The van der Waals surface area contributed by atoms with Crippen LogP contribution in [0.4, 0.5) is 0 Å². The molecular formula is C44H25N3O. The molecule has 0 aliphatic rings. The largest absolute Gasteiger partial charge is 0.454 e. The Bertz CT molecular complexity index is 3120. The highest BCUT2D eigenvalue weighted by atomic mass is 16.3. The van der Waals surface area contributed by atoms with Gasteiger partial charge in [0.15, 0.2) is 5.58 Å². The molecule has 48 heavy (non-hydrogen) atoms. The van der Waals surface area contributed by atoms with Gasteiger partial charge in [0.25, 0.3) is 0 Å². The lowest BCUT2D eigenvalue weighted by Gasteiger charge is -2.14. The molecule has 0 spiro atoms. The van der Waals surface area contributed by atoms with Crippen LogP contribution in [0.15, 0.2) is 156 Å². The summed E-state index contributed by atoms with van der Waals surface area (Å²) in [5.41, 5.74) is 6.63. The van der Waals surface area contributed by atoms with E-state index in [0.29, 0.717) is 5.95 Å². The van der Waals surface area contributed by atoms with E-state index in [1.54, 1.807) is 0 Å². The predicted octanol–water partition coefficient (Wildman–Crippen LogP) is 11.8. The van der Waals surface area contributed by atoms with Crippen LogP contribution >= 0.6 is 0 Å². The van der Waals surface area contributed by atoms with Crippen LogP contribution in [-0.2, 0) is 0 Å². The van der Waals surface area contributed by atoms with Gasteiger partial charge in [-0.15, -0.1) is 0 Å². The molecule has 0 saturated heterocycles. The minimum atomic E-state index is 0.616. The number of benzene rings is 8. The third-order valence-electron chi connectivity index (χ3n) is 9.97. The summed E-state index contributed by atoms with van der Waals surface area (Å²) in [6.07, 6.45) is 0. The van der Waals surface area contributed by atoms with Crippen LogP contribution in [0.25, 0.3) is 104 Å². The number of furan rings is 1. The van der Waals surface area contributed by atoms with Gasteiger partial charge >= 0.3 is 0 Å². The molecule has 0 aliphatic carbocycles. The first-order valence-corrected chi connectivity index (χ1v) is 16.3. The summed E-state index contributed by atoms with van der Waals surface area (Å²) in [4.78, 5) is 10.9. The van der Waals surface area contributed by atoms with Crippen molar-refractivity contribution >= 4 is 87.0 Å². The van der Waals surface area contributed by atoms with E-state index >= 15 is 0 Å². The lowest BCUT2D eigenvalue weighted by molar-refractivity contribution is 0.671. The molecule has 0 bridgehead atoms. The van der Waals surface area contributed by atoms with E-state index in [9.17, 15) is 0 Å². The van der Waals surface area contributed by atoms with E-state index in [2.05, 4.69) is 150 Å². The number of rotatable bonds is 2. The van der Waals surface area contributed by atoms with Crippen LogP contribution in [0.3, 0.4) is 0 Å². The molecule has 4 heteroatoms. The van der Waals surface area contributed by atoms with Gasteiger partial charge in [-0.3, -0.25) is 4.57 Å². The Morgan fingerprint density at radius 3 is 1.88 bits per heavy atom. The van der Waals surface area contributed by atoms with Crippen LogP contribution in [0.2, 0.25) is 0 Å². The highest BCUT2D eigenvalue weighted by Gasteiger charge is 2.26. The molecule has 0 unspecified atom stereocenters. The smallest absolute Gasteiger partial charge is 0.235 e. The van der Waals surface area contributed by atoms with Gasteiger partial charge in [0.1, 0.15) is 11.1 Å². The lowest BCUT2D eigenvalue weighted by Crippen LogP contribution is -2.04. The Morgan fingerprint density at radius 2 is 1.04 bits per heavy atom. The zero-order chi connectivity index (χ0) is 31.3. The average Bonchev–Trinajstić information content (AvgIpc) is 3.72. The number of aromatic nitrogens is 3. The van der Waals surface area contributed by atoms with Crippen LogP contribution in [0, 0.1) is 0 Å². The first-order valence-electron chi connectivity index (χ1n) is 16.3. The summed E-state index contributed by atoms with van der Waals surface area (Å²) < 4.78 is 9.13. The summed E-state index contributed by atoms with van der Waals surface area (Å²) in [6.45, 7) is 0. The number of hydrogen-bond donors (Lipinski definition) is 0. The van der Waals surface area contributed by atoms with E-state index in [4.69, 9.17) is 14.4 Å². The van der Waals surface area contributed by atoms with Crippen LogP contribution in [-0.4, -0.2) is 14.5 Å². The molecule has 3 heterocycles. The Hall–Kier alpha value is -6.52. The van der Waals surface area contributed by atoms with E-state index in [1.165, 1.54) is 16.2 Å². The van der Waals surface area contributed by atoms with Crippen LogP contribution in [0.5, 0.6) is 0 Å². The van der Waals surface area contributed by atoms with Gasteiger partial charge < -0.3 is 4.42 Å². The number of fused-ring (bicyclic) bond motifs is 14. The molecule has 3 aromatic heterocycles. The number of para-hydroxylation sites is 2. The second-order valence-corrected chi connectivity index (χ2v) is 12.5. The molecule has 11 aromatic rings. The van der Waals surface area contributed by atoms with Gasteiger partial charge in [0, 0.05) is 37.9 Å². The average molecular weight is 612 g/mol. The van der Waals surface area contributed by atoms with Gasteiger partial charge in [-0.05, 0) is 39.1 Å². The first kappa shape index (κ1) is 25.6. The lowest BCUT2D eigenvalue weighted by atomic mass is 9.98. The zero-order valence-electron chi connectivity index (χ0n) is 25.7. The zero-order valence-corrected chi connectivity index (χ0v) is 25.7. The van der Waals surface area contributed by atoms with Gasteiger partial charge in [-0.2, -0.15) is 0 Å². The van der Waals surface area contributed by atoms with Gasteiger partial charge in [0.05, 0.1) is 16.7 Å². The van der Waals surface area contributed by atoms with Crippen molar-refractivity contribution < 1.29 is 4.42 Å². The summed E-state index contributed by atoms with van der Waals surface area (Å²) in [6, 6.07) is 53.4. The highest BCUT2D eigenvalue weighted by molar-refractivity contribution is 6.36. The maximum atomic E-state index is 6.86. The third-order valence-corrected chi connectivity index (χ3v) is 9.97. The molecule has 0 aliphatic heterocycles. The van der Waals surface area contributed by atoms with Crippen molar-refractivity contribution in [2.45, 2.75) is 0 Å². The molecule has 0 saturated carbocycles. The van der Waals surface area contributed by atoms with Crippen molar-refractivity contribution in [2.24, 2.45) is 0 Å². The Balaban J connectivity index is 1.41. The maximum absolute atomic E-state index is 6.86. The number of hydrogen-bond acceptors (Lipinski definition) is 3. The molecule has 4 nitrogen and oxygen atoms in total. The van der Waals surface area contributed by atoms with E-state index in [1.807, 2.05) is 6.07 Å². The first-order chi connectivity index (χ1) is 23.8. The van der Waals surface area contributed by atoms with Crippen molar-refractivity contribution in [1.29, 1.82) is 0 Å². The SMILES string of the molecule is c1ccc2c(-c3nc(-n4c5c6ccccc6ccc5c5c6ccccc6c6c7ccccc7oc6c54)nc4ccccc34)cccc2c1. The van der Waals surface area contributed by atoms with Crippen molar-refractivity contribution in [1.82, 2.24) is 14.5 Å². The molecule has 11 rings (SSSR count). The second kappa shape index (κ2) is 9.50. The molecular weight excluding hydrogens is 587 g/mol.